The molecule has 0 aliphatic carbocycles. The van der Waals surface area contributed by atoms with E-state index in [4.69, 9.17) is 0 Å². The van der Waals surface area contributed by atoms with Crippen molar-refractivity contribution in [1.82, 2.24) is 20.5 Å². The molecule has 1 aromatic rings. The molecule has 0 bridgehead atoms. The van der Waals surface area contributed by atoms with Crippen molar-refractivity contribution in [2.75, 3.05) is 39.3 Å². The van der Waals surface area contributed by atoms with Crippen molar-refractivity contribution >= 4 is 0 Å². The van der Waals surface area contributed by atoms with Crippen molar-refractivity contribution in [3.05, 3.63) is 30.1 Å². The van der Waals surface area contributed by atoms with E-state index in [0.29, 0.717) is 6.04 Å². The summed E-state index contributed by atoms with van der Waals surface area (Å²) in [5.41, 5.74) is 1.35. The number of piperidine rings is 1. The van der Waals surface area contributed by atoms with Gasteiger partial charge in [0.25, 0.3) is 0 Å². The quantitative estimate of drug-likeness (QED) is 0.851. The Morgan fingerprint density at radius 1 is 1.26 bits per heavy atom. The molecule has 0 saturated carbocycles. The molecule has 3 heterocycles. The van der Waals surface area contributed by atoms with Gasteiger partial charge in [0.2, 0.25) is 0 Å². The van der Waals surface area contributed by atoms with E-state index in [2.05, 4.69) is 26.6 Å². The maximum absolute atomic E-state index is 4.27. The topological polar surface area (TPSA) is 40.2 Å². The number of nitrogens with one attached hydrogen (secondary N) is 2. The number of aromatic nitrogens is 1. The fourth-order valence-electron chi connectivity index (χ4n) is 3.28. The maximum Gasteiger partial charge on any atom is 0.0488 e. The highest BCUT2D eigenvalue weighted by Gasteiger charge is 2.26. The van der Waals surface area contributed by atoms with Crippen molar-refractivity contribution in [2.45, 2.75) is 18.9 Å². The lowest BCUT2D eigenvalue weighted by atomic mass is 9.96. The zero-order valence-corrected chi connectivity index (χ0v) is 11.5. The van der Waals surface area contributed by atoms with Crippen LogP contribution in [0.25, 0.3) is 0 Å². The monoisotopic (exact) mass is 260 g/mol. The molecule has 0 spiro atoms. The van der Waals surface area contributed by atoms with Crippen LogP contribution in [0.3, 0.4) is 0 Å². The van der Waals surface area contributed by atoms with Crippen LogP contribution in [0.4, 0.5) is 0 Å². The SMILES string of the molecule is c1cncc(C2CNCCN2CC2CCCNC2)c1. The summed E-state index contributed by atoms with van der Waals surface area (Å²) >= 11 is 0. The Labute approximate surface area is 115 Å². The summed E-state index contributed by atoms with van der Waals surface area (Å²) in [6.45, 7) is 6.90. The Hall–Kier alpha value is -0.970. The first-order valence-electron chi connectivity index (χ1n) is 7.49. The molecular formula is C15H24N4. The molecule has 2 aliphatic heterocycles. The van der Waals surface area contributed by atoms with Gasteiger partial charge in [0.15, 0.2) is 0 Å². The van der Waals surface area contributed by atoms with Gasteiger partial charge < -0.3 is 10.6 Å². The Kier molecular flexibility index (Phi) is 4.43. The fourth-order valence-corrected chi connectivity index (χ4v) is 3.28. The Balaban J connectivity index is 1.66. The van der Waals surface area contributed by atoms with Crippen LogP contribution < -0.4 is 10.6 Å². The molecule has 4 heteroatoms. The largest absolute Gasteiger partial charge is 0.316 e. The van der Waals surface area contributed by atoms with Crippen LogP contribution in [-0.4, -0.2) is 49.2 Å². The van der Waals surface area contributed by atoms with Crippen LogP contribution >= 0.6 is 0 Å². The molecule has 0 amide bonds. The van der Waals surface area contributed by atoms with Crippen LogP contribution in [0.5, 0.6) is 0 Å². The first kappa shape index (κ1) is 13.0. The van der Waals surface area contributed by atoms with Gasteiger partial charge in [-0.25, -0.2) is 0 Å². The average molecular weight is 260 g/mol. The van der Waals surface area contributed by atoms with Crippen molar-refractivity contribution in [2.24, 2.45) is 5.92 Å². The summed E-state index contributed by atoms with van der Waals surface area (Å²) in [7, 11) is 0. The van der Waals surface area contributed by atoms with Crippen LogP contribution in [0.15, 0.2) is 24.5 Å². The zero-order chi connectivity index (χ0) is 12.9. The molecule has 104 valence electrons. The lowest BCUT2D eigenvalue weighted by Crippen LogP contribution is -2.49. The van der Waals surface area contributed by atoms with Crippen LogP contribution in [0.1, 0.15) is 24.4 Å². The lowest BCUT2D eigenvalue weighted by Gasteiger charge is -2.39. The molecule has 2 N–H and O–H groups in total. The van der Waals surface area contributed by atoms with E-state index < -0.39 is 0 Å². The van der Waals surface area contributed by atoms with E-state index in [0.717, 1.165) is 25.6 Å². The number of pyridine rings is 1. The molecule has 2 atom stereocenters. The third-order valence-corrected chi connectivity index (χ3v) is 4.32. The van der Waals surface area contributed by atoms with Crippen LogP contribution in [-0.2, 0) is 0 Å². The Morgan fingerprint density at radius 3 is 3.00 bits per heavy atom. The summed E-state index contributed by atoms with van der Waals surface area (Å²) in [5.74, 6) is 0.811. The molecule has 2 unspecified atom stereocenters. The van der Waals surface area contributed by atoms with Crippen molar-refractivity contribution in [3.63, 3.8) is 0 Å². The lowest BCUT2D eigenvalue weighted by molar-refractivity contribution is 0.127. The summed E-state index contributed by atoms with van der Waals surface area (Å²) in [5, 5.41) is 7.04. The molecule has 1 aromatic heterocycles. The predicted molar refractivity (Wildman–Crippen MR) is 77.0 cm³/mol. The molecule has 0 radical (unpaired) electrons. The highest BCUT2D eigenvalue weighted by molar-refractivity contribution is 5.15. The third kappa shape index (κ3) is 3.32. The van der Waals surface area contributed by atoms with Gasteiger partial charge in [0, 0.05) is 44.6 Å². The standard InChI is InChI=1S/C15H24N4/c1-3-13(9-16-5-1)12-19-8-7-18-11-15(19)14-4-2-6-17-10-14/h2,4,6,10,13,15-16,18H,1,3,5,7-9,11-12H2. The van der Waals surface area contributed by atoms with Gasteiger partial charge >= 0.3 is 0 Å². The van der Waals surface area contributed by atoms with Gasteiger partial charge in [-0.05, 0) is 43.5 Å². The molecule has 0 aromatic carbocycles. The molecule has 2 aliphatic rings. The Bertz CT molecular complexity index is 375. The van der Waals surface area contributed by atoms with E-state index in [1.54, 1.807) is 0 Å². The molecule has 3 rings (SSSR count). The van der Waals surface area contributed by atoms with Crippen LogP contribution in [0, 0.1) is 5.92 Å². The molecular weight excluding hydrogens is 236 g/mol. The smallest absolute Gasteiger partial charge is 0.0488 e. The molecule has 4 nitrogen and oxygen atoms in total. The number of rotatable bonds is 3. The van der Waals surface area contributed by atoms with E-state index in [9.17, 15) is 0 Å². The van der Waals surface area contributed by atoms with Gasteiger partial charge in [0.1, 0.15) is 0 Å². The highest BCUT2D eigenvalue weighted by Crippen LogP contribution is 2.24. The third-order valence-electron chi connectivity index (χ3n) is 4.32. The predicted octanol–water partition coefficient (Wildman–Crippen LogP) is 1.03. The first-order chi connectivity index (χ1) is 9.43. The summed E-state index contributed by atoms with van der Waals surface area (Å²) in [4.78, 5) is 6.92. The normalized spacial score (nSPS) is 29.3. The minimum Gasteiger partial charge on any atom is -0.316 e. The van der Waals surface area contributed by atoms with Crippen molar-refractivity contribution in [1.29, 1.82) is 0 Å². The fraction of sp³-hybridized carbons (Fsp3) is 0.667. The minimum atomic E-state index is 0.490. The van der Waals surface area contributed by atoms with E-state index in [1.165, 1.54) is 38.0 Å². The van der Waals surface area contributed by atoms with E-state index in [-0.39, 0.29) is 0 Å². The van der Waals surface area contributed by atoms with Gasteiger partial charge in [-0.3, -0.25) is 9.88 Å². The van der Waals surface area contributed by atoms with E-state index in [1.807, 2.05) is 18.5 Å². The number of hydrogen-bond acceptors (Lipinski definition) is 4. The Morgan fingerprint density at radius 2 is 2.21 bits per heavy atom. The minimum absolute atomic E-state index is 0.490. The molecule has 19 heavy (non-hydrogen) atoms. The van der Waals surface area contributed by atoms with Gasteiger partial charge in [-0.2, -0.15) is 0 Å². The molecule has 2 saturated heterocycles. The number of nitrogens with zero attached hydrogens (tertiary/aromatic N) is 2. The van der Waals surface area contributed by atoms with Gasteiger partial charge in [-0.1, -0.05) is 6.07 Å². The zero-order valence-electron chi connectivity index (χ0n) is 11.5. The van der Waals surface area contributed by atoms with Crippen LogP contribution in [0.2, 0.25) is 0 Å². The van der Waals surface area contributed by atoms with Crippen molar-refractivity contribution < 1.29 is 0 Å². The second-order valence-corrected chi connectivity index (χ2v) is 5.71. The number of hydrogen-bond donors (Lipinski definition) is 2. The van der Waals surface area contributed by atoms with Crippen molar-refractivity contribution in [3.8, 4) is 0 Å². The van der Waals surface area contributed by atoms with E-state index >= 15 is 0 Å². The second kappa shape index (κ2) is 6.46. The summed E-state index contributed by atoms with van der Waals surface area (Å²) < 4.78 is 0. The first-order valence-corrected chi connectivity index (χ1v) is 7.49. The number of piperazine rings is 1. The summed E-state index contributed by atoms with van der Waals surface area (Å²) in [6, 6.07) is 4.74. The molecule has 2 fully saturated rings. The van der Waals surface area contributed by atoms with Gasteiger partial charge in [0.05, 0.1) is 0 Å². The summed E-state index contributed by atoms with van der Waals surface area (Å²) in [6.07, 6.45) is 6.57. The maximum atomic E-state index is 4.27. The van der Waals surface area contributed by atoms with Gasteiger partial charge in [-0.15, -0.1) is 0 Å². The second-order valence-electron chi connectivity index (χ2n) is 5.71. The highest BCUT2D eigenvalue weighted by atomic mass is 15.2. The average Bonchev–Trinajstić information content (AvgIpc) is 2.50.